The lowest BCUT2D eigenvalue weighted by Gasteiger charge is -2.09. The molecule has 0 aliphatic carbocycles. The van der Waals surface area contributed by atoms with Crippen molar-refractivity contribution in [2.24, 2.45) is 0 Å². The quantitative estimate of drug-likeness (QED) is 0.888. The lowest BCUT2D eigenvalue weighted by molar-refractivity contribution is 0.577. The summed E-state index contributed by atoms with van der Waals surface area (Å²) in [4.78, 5) is 10.9. The van der Waals surface area contributed by atoms with E-state index >= 15 is 0 Å². The lowest BCUT2D eigenvalue weighted by atomic mass is 10.3. The first-order valence-corrected chi connectivity index (χ1v) is 7.09. The van der Waals surface area contributed by atoms with Crippen molar-refractivity contribution in [3.8, 4) is 9.88 Å². The Morgan fingerprint density at radius 3 is 3.00 bits per heavy atom. The number of hydrogen-bond donors (Lipinski definition) is 1. The van der Waals surface area contributed by atoms with Gasteiger partial charge in [-0.2, -0.15) is 0 Å². The van der Waals surface area contributed by atoms with Gasteiger partial charge >= 0.3 is 0 Å². The smallest absolute Gasteiger partial charge is 0.135 e. The van der Waals surface area contributed by atoms with Gasteiger partial charge < -0.3 is 5.32 Å². The van der Waals surface area contributed by atoms with E-state index in [-0.39, 0.29) is 0 Å². The van der Waals surface area contributed by atoms with Crippen LogP contribution in [0.1, 0.15) is 31.2 Å². The van der Waals surface area contributed by atoms with Crippen LogP contribution in [-0.4, -0.2) is 16.5 Å². The first-order chi connectivity index (χ1) is 7.81. The monoisotopic (exact) mass is 253 g/mol. The maximum atomic E-state index is 4.44. The highest BCUT2D eigenvalue weighted by Crippen LogP contribution is 2.30. The van der Waals surface area contributed by atoms with Crippen LogP contribution >= 0.6 is 22.7 Å². The van der Waals surface area contributed by atoms with E-state index in [1.54, 1.807) is 22.7 Å². The third-order valence-electron chi connectivity index (χ3n) is 2.29. The summed E-state index contributed by atoms with van der Waals surface area (Å²) in [5, 5.41) is 4.54. The molecule has 16 heavy (non-hydrogen) atoms. The Morgan fingerprint density at radius 2 is 2.31 bits per heavy atom. The molecule has 86 valence electrons. The maximum absolute atomic E-state index is 4.44. The molecule has 0 fully saturated rings. The Bertz CT molecular complexity index is 422. The molecule has 5 heteroatoms. The largest absolute Gasteiger partial charge is 0.309 e. The molecule has 0 aliphatic heterocycles. The molecule has 0 spiro atoms. The molecule has 0 radical (unpaired) electrons. The average molecular weight is 253 g/mol. The van der Waals surface area contributed by atoms with Crippen LogP contribution in [0, 0.1) is 0 Å². The number of rotatable bonds is 5. The molecule has 0 saturated carbocycles. The van der Waals surface area contributed by atoms with E-state index in [0.717, 1.165) is 22.9 Å². The predicted octanol–water partition coefficient (Wildman–Crippen LogP) is 3.33. The van der Waals surface area contributed by atoms with Gasteiger partial charge in [-0.1, -0.05) is 6.92 Å². The van der Waals surface area contributed by atoms with Gasteiger partial charge in [0.2, 0.25) is 0 Å². The molecule has 3 nitrogen and oxygen atoms in total. The Hall–Kier alpha value is -0.780. The minimum absolute atomic E-state index is 0.388. The van der Waals surface area contributed by atoms with Crippen LogP contribution in [0.5, 0.6) is 0 Å². The van der Waals surface area contributed by atoms with Crippen molar-refractivity contribution in [3.63, 3.8) is 0 Å². The first-order valence-electron chi connectivity index (χ1n) is 5.39. The van der Waals surface area contributed by atoms with Crippen molar-refractivity contribution in [1.29, 1.82) is 0 Å². The maximum Gasteiger partial charge on any atom is 0.135 e. The molecule has 0 amide bonds. The van der Waals surface area contributed by atoms with Crippen molar-refractivity contribution in [1.82, 2.24) is 15.3 Å². The molecule has 1 N–H and O–H groups in total. The van der Waals surface area contributed by atoms with E-state index in [9.17, 15) is 0 Å². The Labute approximate surface area is 104 Å². The Morgan fingerprint density at radius 1 is 1.44 bits per heavy atom. The van der Waals surface area contributed by atoms with E-state index in [2.05, 4.69) is 29.1 Å². The SMILES string of the molecule is CCCNC(C)c1cnc(-c2cncs2)s1. The Kier molecular flexibility index (Phi) is 4.04. The molecule has 2 rings (SSSR count). The van der Waals surface area contributed by atoms with E-state index in [4.69, 9.17) is 0 Å². The topological polar surface area (TPSA) is 37.8 Å². The minimum Gasteiger partial charge on any atom is -0.309 e. The van der Waals surface area contributed by atoms with Crippen molar-refractivity contribution < 1.29 is 0 Å². The van der Waals surface area contributed by atoms with Crippen LogP contribution in [0.3, 0.4) is 0 Å². The second kappa shape index (κ2) is 5.52. The van der Waals surface area contributed by atoms with Crippen molar-refractivity contribution >= 4 is 22.7 Å². The number of hydrogen-bond acceptors (Lipinski definition) is 5. The van der Waals surface area contributed by atoms with Crippen molar-refractivity contribution in [2.45, 2.75) is 26.3 Å². The lowest BCUT2D eigenvalue weighted by Crippen LogP contribution is -2.18. The summed E-state index contributed by atoms with van der Waals surface area (Å²) >= 11 is 3.38. The fourth-order valence-electron chi connectivity index (χ4n) is 1.38. The number of thiazole rings is 2. The summed E-state index contributed by atoms with van der Waals surface area (Å²) < 4.78 is 0. The van der Waals surface area contributed by atoms with Gasteiger partial charge in [0, 0.05) is 23.3 Å². The highest BCUT2D eigenvalue weighted by Gasteiger charge is 2.10. The molecular weight excluding hydrogens is 238 g/mol. The molecule has 0 bridgehead atoms. The molecular formula is C11H15N3S2. The molecule has 2 heterocycles. The van der Waals surface area contributed by atoms with Gasteiger partial charge in [-0.25, -0.2) is 4.98 Å². The first kappa shape index (κ1) is 11.7. The van der Waals surface area contributed by atoms with E-state index in [1.807, 2.05) is 17.9 Å². The zero-order valence-corrected chi connectivity index (χ0v) is 11.1. The molecule has 0 aromatic carbocycles. The van der Waals surface area contributed by atoms with Gasteiger partial charge in [0.25, 0.3) is 0 Å². The number of nitrogens with zero attached hydrogens (tertiary/aromatic N) is 2. The zero-order chi connectivity index (χ0) is 11.4. The Balaban J connectivity index is 2.07. The zero-order valence-electron chi connectivity index (χ0n) is 9.43. The highest BCUT2D eigenvalue weighted by atomic mass is 32.1. The average Bonchev–Trinajstić information content (AvgIpc) is 2.94. The third kappa shape index (κ3) is 2.66. The van der Waals surface area contributed by atoms with E-state index in [0.29, 0.717) is 6.04 Å². The van der Waals surface area contributed by atoms with Gasteiger partial charge in [-0.15, -0.1) is 22.7 Å². The molecule has 2 aromatic rings. The van der Waals surface area contributed by atoms with Gasteiger partial charge in [0.1, 0.15) is 5.01 Å². The second-order valence-corrected chi connectivity index (χ2v) is 5.56. The van der Waals surface area contributed by atoms with E-state index in [1.165, 1.54) is 4.88 Å². The summed E-state index contributed by atoms with van der Waals surface area (Å²) in [5.41, 5.74) is 1.84. The van der Waals surface area contributed by atoms with Crippen LogP contribution in [0.2, 0.25) is 0 Å². The third-order valence-corrected chi connectivity index (χ3v) is 4.42. The highest BCUT2D eigenvalue weighted by molar-refractivity contribution is 7.20. The van der Waals surface area contributed by atoms with Crippen LogP contribution in [-0.2, 0) is 0 Å². The van der Waals surface area contributed by atoms with Crippen LogP contribution in [0.4, 0.5) is 0 Å². The van der Waals surface area contributed by atoms with Crippen LogP contribution in [0.15, 0.2) is 17.9 Å². The summed E-state index contributed by atoms with van der Waals surface area (Å²) in [6, 6.07) is 0.388. The predicted molar refractivity (Wildman–Crippen MR) is 69.9 cm³/mol. The summed E-state index contributed by atoms with van der Waals surface area (Å²) in [7, 11) is 0. The molecule has 0 aliphatic rings. The molecule has 0 saturated heterocycles. The number of nitrogens with one attached hydrogen (secondary N) is 1. The summed E-state index contributed by atoms with van der Waals surface area (Å²) in [5.74, 6) is 0. The van der Waals surface area contributed by atoms with Crippen molar-refractivity contribution in [3.05, 3.63) is 22.8 Å². The second-order valence-electron chi connectivity index (χ2n) is 3.61. The van der Waals surface area contributed by atoms with Gasteiger partial charge in [-0.05, 0) is 19.9 Å². The van der Waals surface area contributed by atoms with Gasteiger partial charge in [-0.3, -0.25) is 4.98 Å². The van der Waals surface area contributed by atoms with Gasteiger partial charge in [0.05, 0.1) is 10.4 Å². The molecule has 1 unspecified atom stereocenters. The summed E-state index contributed by atoms with van der Waals surface area (Å²) in [6.07, 6.45) is 5.00. The fraction of sp³-hybridized carbons (Fsp3) is 0.455. The standard InChI is InChI=1S/C11H15N3S2/c1-3-4-13-8(2)9-6-14-11(16-9)10-5-12-7-15-10/h5-8,13H,3-4H2,1-2H3. The number of aromatic nitrogens is 2. The normalized spacial score (nSPS) is 12.9. The van der Waals surface area contributed by atoms with E-state index < -0.39 is 0 Å². The van der Waals surface area contributed by atoms with Crippen molar-refractivity contribution in [2.75, 3.05) is 6.54 Å². The van der Waals surface area contributed by atoms with Gasteiger partial charge in [0.15, 0.2) is 0 Å². The van der Waals surface area contributed by atoms with Crippen LogP contribution < -0.4 is 5.32 Å². The minimum atomic E-state index is 0.388. The summed E-state index contributed by atoms with van der Waals surface area (Å²) in [6.45, 7) is 5.41. The molecule has 1 atom stereocenters. The van der Waals surface area contributed by atoms with Crippen LogP contribution in [0.25, 0.3) is 9.88 Å². The molecule has 2 aromatic heterocycles. The fourth-order valence-corrected chi connectivity index (χ4v) is 3.01.